The van der Waals surface area contributed by atoms with Crippen LogP contribution in [0.5, 0.6) is 0 Å². The zero-order valence-electron chi connectivity index (χ0n) is 11.3. The van der Waals surface area contributed by atoms with Crippen LogP contribution in [0.2, 0.25) is 0 Å². The quantitative estimate of drug-likeness (QED) is 0.540. The third-order valence-corrected chi connectivity index (χ3v) is 3.58. The van der Waals surface area contributed by atoms with E-state index in [-0.39, 0.29) is 12.0 Å². The van der Waals surface area contributed by atoms with Gasteiger partial charge in [0.2, 0.25) is 5.83 Å². The number of rotatable bonds is 2. The highest BCUT2D eigenvalue weighted by Crippen LogP contribution is 2.40. The Hall–Kier alpha value is -0.860. The lowest BCUT2D eigenvalue weighted by Crippen LogP contribution is -2.24. The highest BCUT2D eigenvalue weighted by atomic mass is 19.1. The number of ether oxygens (including phenoxy) is 1. The maximum absolute atomic E-state index is 13.7. The molecule has 1 aliphatic carbocycles. The van der Waals surface area contributed by atoms with Crippen LogP contribution in [0.15, 0.2) is 11.4 Å². The van der Waals surface area contributed by atoms with Gasteiger partial charge in [0.1, 0.15) is 0 Å². The summed E-state index contributed by atoms with van der Waals surface area (Å²) in [6.45, 7) is 8.56. The van der Waals surface area contributed by atoms with Crippen LogP contribution >= 0.6 is 0 Å². The van der Waals surface area contributed by atoms with Crippen LogP contribution < -0.4 is 0 Å². The van der Waals surface area contributed by atoms with Crippen molar-refractivity contribution in [2.24, 2.45) is 11.3 Å². The molecule has 0 aliphatic heterocycles. The van der Waals surface area contributed by atoms with Crippen molar-refractivity contribution in [1.29, 1.82) is 0 Å². The van der Waals surface area contributed by atoms with Crippen LogP contribution in [0.25, 0.3) is 0 Å². The first-order valence-electron chi connectivity index (χ1n) is 6.41. The molecule has 0 radical (unpaired) electrons. The van der Waals surface area contributed by atoms with Crippen molar-refractivity contribution in [3.05, 3.63) is 11.4 Å². The Morgan fingerprint density at radius 3 is 2.29 bits per heavy atom. The normalized spacial score (nSPS) is 21.2. The number of hydrogen-bond donors (Lipinski definition) is 0. The second-order valence-electron chi connectivity index (χ2n) is 5.78. The fourth-order valence-electron chi connectivity index (χ4n) is 2.39. The molecule has 0 unspecified atom stereocenters. The summed E-state index contributed by atoms with van der Waals surface area (Å²) in [5.74, 6) is -0.836. The lowest BCUT2D eigenvalue weighted by atomic mass is 9.71. The highest BCUT2D eigenvalue weighted by molar-refractivity contribution is 5.86. The monoisotopic (exact) mass is 242 g/mol. The van der Waals surface area contributed by atoms with Gasteiger partial charge >= 0.3 is 5.97 Å². The third kappa shape index (κ3) is 3.83. The Kier molecular flexibility index (Phi) is 4.72. The average Bonchev–Trinajstić information content (AvgIpc) is 2.27. The van der Waals surface area contributed by atoms with Gasteiger partial charge in [-0.2, -0.15) is 4.39 Å². The summed E-state index contributed by atoms with van der Waals surface area (Å²) in [6.07, 6.45) is 3.30. The molecule has 0 amide bonds. The molecule has 0 N–H and O–H groups in total. The molecule has 3 heteroatoms. The van der Waals surface area contributed by atoms with Crippen molar-refractivity contribution >= 4 is 5.97 Å². The van der Waals surface area contributed by atoms with E-state index in [1.165, 1.54) is 0 Å². The predicted molar refractivity (Wildman–Crippen MR) is 66.2 cm³/mol. The number of halogens is 1. The summed E-state index contributed by atoms with van der Waals surface area (Å²) in [5, 5.41) is 0. The second kappa shape index (κ2) is 5.65. The molecule has 0 saturated heterocycles. The van der Waals surface area contributed by atoms with Crippen molar-refractivity contribution < 1.29 is 13.9 Å². The van der Waals surface area contributed by atoms with E-state index in [0.717, 1.165) is 12.8 Å². The Bertz CT molecular complexity index is 303. The van der Waals surface area contributed by atoms with Crippen molar-refractivity contribution in [2.45, 2.75) is 53.4 Å². The first-order valence-corrected chi connectivity index (χ1v) is 6.41. The molecule has 98 valence electrons. The van der Waals surface area contributed by atoms with E-state index < -0.39 is 11.8 Å². The van der Waals surface area contributed by atoms with E-state index in [4.69, 9.17) is 0 Å². The number of hydrogen-bond acceptors (Lipinski definition) is 2. The molecule has 0 aromatic rings. The standard InChI is InChI=1S/C14H23FO2/c1-5-17-13(16)12(15)10-6-8-11(9-7-10)14(2,3)4/h11H,5-9H2,1-4H3. The second-order valence-corrected chi connectivity index (χ2v) is 5.78. The van der Waals surface area contributed by atoms with Crippen molar-refractivity contribution in [3.63, 3.8) is 0 Å². The molecule has 17 heavy (non-hydrogen) atoms. The first kappa shape index (κ1) is 14.2. The Balaban J connectivity index is 2.62. The number of carbonyl (C=O) groups excluding carboxylic acids is 1. The summed E-state index contributed by atoms with van der Waals surface area (Å²) in [5.41, 5.74) is 0.912. The van der Waals surface area contributed by atoms with Gasteiger partial charge in [0, 0.05) is 0 Å². The van der Waals surface area contributed by atoms with E-state index >= 15 is 0 Å². The fourth-order valence-corrected chi connectivity index (χ4v) is 2.39. The van der Waals surface area contributed by atoms with E-state index in [1.807, 2.05) is 0 Å². The molecule has 0 aromatic carbocycles. The Morgan fingerprint density at radius 2 is 1.88 bits per heavy atom. The SMILES string of the molecule is CCOC(=O)C(F)=C1CCC(C(C)(C)C)CC1. The largest absolute Gasteiger partial charge is 0.461 e. The Morgan fingerprint density at radius 1 is 1.35 bits per heavy atom. The summed E-state index contributed by atoms with van der Waals surface area (Å²) < 4.78 is 18.4. The van der Waals surface area contributed by atoms with Gasteiger partial charge in [-0.15, -0.1) is 0 Å². The van der Waals surface area contributed by atoms with Crippen molar-refractivity contribution in [1.82, 2.24) is 0 Å². The molecule has 0 heterocycles. The molecular formula is C14H23FO2. The van der Waals surface area contributed by atoms with Crippen LogP contribution in [0, 0.1) is 11.3 Å². The van der Waals surface area contributed by atoms with Gasteiger partial charge in [-0.05, 0) is 49.5 Å². The van der Waals surface area contributed by atoms with Crippen LogP contribution in [-0.2, 0) is 9.53 Å². The molecule has 0 bridgehead atoms. The molecule has 2 nitrogen and oxygen atoms in total. The number of esters is 1. The zero-order valence-corrected chi connectivity index (χ0v) is 11.3. The molecule has 0 atom stereocenters. The molecule has 1 aliphatic rings. The molecule has 1 saturated carbocycles. The molecular weight excluding hydrogens is 219 g/mol. The summed E-state index contributed by atoms with van der Waals surface area (Å²) >= 11 is 0. The van der Waals surface area contributed by atoms with Gasteiger partial charge < -0.3 is 4.74 Å². The smallest absolute Gasteiger partial charge is 0.367 e. The lowest BCUT2D eigenvalue weighted by Gasteiger charge is -2.34. The Labute approximate surface area is 103 Å². The van der Waals surface area contributed by atoms with Crippen LogP contribution in [-0.4, -0.2) is 12.6 Å². The minimum atomic E-state index is -0.795. The summed E-state index contributed by atoms with van der Waals surface area (Å²) in [4.78, 5) is 11.3. The lowest BCUT2D eigenvalue weighted by molar-refractivity contribution is -0.140. The van der Waals surface area contributed by atoms with Crippen molar-refractivity contribution in [3.8, 4) is 0 Å². The molecule has 0 spiro atoms. The first-order chi connectivity index (χ1) is 7.86. The van der Waals surface area contributed by atoms with Crippen molar-refractivity contribution in [2.75, 3.05) is 6.61 Å². The molecule has 1 rings (SSSR count). The number of carbonyl (C=O) groups is 1. The fraction of sp³-hybridized carbons (Fsp3) is 0.786. The predicted octanol–water partition coefficient (Wildman–Crippen LogP) is 4.01. The molecule has 1 fully saturated rings. The van der Waals surface area contributed by atoms with E-state index in [1.54, 1.807) is 6.92 Å². The van der Waals surface area contributed by atoms with E-state index in [9.17, 15) is 9.18 Å². The van der Waals surface area contributed by atoms with E-state index in [0.29, 0.717) is 24.3 Å². The topological polar surface area (TPSA) is 26.3 Å². The third-order valence-electron chi connectivity index (χ3n) is 3.58. The van der Waals surface area contributed by atoms with Gasteiger partial charge in [-0.1, -0.05) is 20.8 Å². The zero-order chi connectivity index (χ0) is 13.1. The van der Waals surface area contributed by atoms with Gasteiger partial charge in [-0.25, -0.2) is 4.79 Å². The van der Waals surface area contributed by atoms with E-state index in [2.05, 4.69) is 25.5 Å². The number of allylic oxidation sites excluding steroid dienone is 1. The molecule has 0 aromatic heterocycles. The van der Waals surface area contributed by atoms with Gasteiger partial charge in [0.25, 0.3) is 0 Å². The maximum Gasteiger partial charge on any atom is 0.367 e. The van der Waals surface area contributed by atoms with Gasteiger partial charge in [-0.3, -0.25) is 0 Å². The van der Waals surface area contributed by atoms with Crippen LogP contribution in [0.4, 0.5) is 4.39 Å². The van der Waals surface area contributed by atoms with Gasteiger partial charge in [0.15, 0.2) is 0 Å². The minimum absolute atomic E-state index is 0.226. The van der Waals surface area contributed by atoms with Crippen LogP contribution in [0.1, 0.15) is 53.4 Å². The summed E-state index contributed by atoms with van der Waals surface area (Å²) in [6, 6.07) is 0. The average molecular weight is 242 g/mol. The highest BCUT2D eigenvalue weighted by Gasteiger charge is 2.29. The maximum atomic E-state index is 13.7. The van der Waals surface area contributed by atoms with Gasteiger partial charge in [0.05, 0.1) is 6.61 Å². The summed E-state index contributed by atoms with van der Waals surface area (Å²) in [7, 11) is 0. The minimum Gasteiger partial charge on any atom is -0.461 e. The van der Waals surface area contributed by atoms with Crippen LogP contribution in [0.3, 0.4) is 0 Å².